The molecule has 0 fully saturated rings. The molecule has 0 atom stereocenters. The highest BCUT2D eigenvalue weighted by Crippen LogP contribution is 2.39. The van der Waals surface area contributed by atoms with Crippen molar-refractivity contribution in [3.63, 3.8) is 0 Å². The van der Waals surface area contributed by atoms with Crippen molar-refractivity contribution >= 4 is 37.9 Å². The van der Waals surface area contributed by atoms with Gasteiger partial charge in [-0.1, -0.05) is 42.5 Å². The van der Waals surface area contributed by atoms with Crippen molar-refractivity contribution in [2.24, 2.45) is 0 Å². The minimum absolute atomic E-state index is 0.266. The number of furan rings is 1. The monoisotopic (exact) mass is 340 g/mol. The molecular formula is C18H10BrFO. The number of para-hydroxylation sites is 1. The minimum atomic E-state index is -0.266. The lowest BCUT2D eigenvalue weighted by atomic mass is 9.99. The first kappa shape index (κ1) is 12.6. The molecule has 0 aliphatic rings. The Bertz CT molecular complexity index is 971. The SMILES string of the molecule is Fc1cccc(-c2cccc3oc4ccccc4c23)c1Br. The van der Waals surface area contributed by atoms with Crippen molar-refractivity contribution in [2.45, 2.75) is 0 Å². The molecule has 0 unspecified atom stereocenters. The maximum atomic E-state index is 13.8. The first-order valence-corrected chi connectivity index (χ1v) is 7.39. The molecule has 1 aromatic heterocycles. The van der Waals surface area contributed by atoms with E-state index >= 15 is 0 Å². The Labute approximate surface area is 129 Å². The lowest BCUT2D eigenvalue weighted by Gasteiger charge is -2.07. The highest BCUT2D eigenvalue weighted by molar-refractivity contribution is 9.10. The molecule has 0 spiro atoms. The van der Waals surface area contributed by atoms with Gasteiger partial charge in [0.05, 0.1) is 4.47 Å². The quantitative estimate of drug-likeness (QED) is 0.404. The number of benzene rings is 3. The highest BCUT2D eigenvalue weighted by Gasteiger charge is 2.14. The summed E-state index contributed by atoms with van der Waals surface area (Å²) in [7, 11) is 0. The molecule has 3 heteroatoms. The average Bonchev–Trinajstić information content (AvgIpc) is 2.89. The van der Waals surface area contributed by atoms with Gasteiger partial charge < -0.3 is 4.42 Å². The maximum absolute atomic E-state index is 13.8. The summed E-state index contributed by atoms with van der Waals surface area (Å²) in [5, 5.41) is 2.05. The van der Waals surface area contributed by atoms with Crippen LogP contribution in [0.3, 0.4) is 0 Å². The predicted octanol–water partition coefficient (Wildman–Crippen LogP) is 6.15. The molecular weight excluding hydrogens is 331 g/mol. The van der Waals surface area contributed by atoms with Crippen LogP contribution in [-0.4, -0.2) is 0 Å². The lowest BCUT2D eigenvalue weighted by molar-refractivity contribution is 0.622. The van der Waals surface area contributed by atoms with E-state index in [0.29, 0.717) is 4.47 Å². The van der Waals surface area contributed by atoms with Crippen LogP contribution in [0, 0.1) is 5.82 Å². The fourth-order valence-corrected chi connectivity index (χ4v) is 3.19. The summed E-state index contributed by atoms with van der Waals surface area (Å²) in [6.07, 6.45) is 0. The standard InChI is InChI=1S/C18H10BrFO/c19-18-12(7-3-8-14(18)20)11-6-4-10-16-17(11)13-5-1-2-9-15(13)21-16/h1-10H. The van der Waals surface area contributed by atoms with Crippen LogP contribution in [0.25, 0.3) is 33.1 Å². The summed E-state index contributed by atoms with van der Waals surface area (Å²) in [6.45, 7) is 0. The van der Waals surface area contributed by atoms with Crippen LogP contribution < -0.4 is 0 Å². The molecule has 1 heterocycles. The summed E-state index contributed by atoms with van der Waals surface area (Å²) in [6, 6.07) is 18.8. The molecule has 0 radical (unpaired) electrons. The number of rotatable bonds is 1. The second-order valence-corrected chi connectivity index (χ2v) is 5.67. The highest BCUT2D eigenvalue weighted by atomic mass is 79.9. The van der Waals surface area contributed by atoms with Crippen LogP contribution >= 0.6 is 15.9 Å². The zero-order valence-electron chi connectivity index (χ0n) is 10.9. The Morgan fingerprint density at radius 3 is 2.38 bits per heavy atom. The molecule has 0 aliphatic carbocycles. The fourth-order valence-electron chi connectivity index (χ4n) is 2.71. The molecule has 4 rings (SSSR count). The Kier molecular flexibility index (Phi) is 2.82. The number of hydrogen-bond donors (Lipinski definition) is 0. The minimum Gasteiger partial charge on any atom is -0.456 e. The molecule has 3 aromatic carbocycles. The van der Waals surface area contributed by atoms with Gasteiger partial charge in [-0.15, -0.1) is 0 Å². The van der Waals surface area contributed by atoms with E-state index in [-0.39, 0.29) is 5.82 Å². The van der Waals surface area contributed by atoms with Gasteiger partial charge in [-0.2, -0.15) is 0 Å². The van der Waals surface area contributed by atoms with Crippen LogP contribution in [-0.2, 0) is 0 Å². The second-order valence-electron chi connectivity index (χ2n) is 4.88. The van der Waals surface area contributed by atoms with Crippen LogP contribution in [0.15, 0.2) is 69.6 Å². The topological polar surface area (TPSA) is 13.1 Å². The normalized spacial score (nSPS) is 11.3. The van der Waals surface area contributed by atoms with Crippen molar-refractivity contribution < 1.29 is 8.81 Å². The Morgan fingerprint density at radius 2 is 1.48 bits per heavy atom. The predicted molar refractivity (Wildman–Crippen MR) is 86.8 cm³/mol. The van der Waals surface area contributed by atoms with Gasteiger partial charge in [0, 0.05) is 10.8 Å². The van der Waals surface area contributed by atoms with E-state index in [9.17, 15) is 4.39 Å². The zero-order valence-corrected chi connectivity index (χ0v) is 12.5. The second kappa shape index (κ2) is 4.71. The summed E-state index contributed by atoms with van der Waals surface area (Å²) >= 11 is 3.35. The molecule has 0 amide bonds. The van der Waals surface area contributed by atoms with Gasteiger partial charge in [0.1, 0.15) is 17.0 Å². The number of fused-ring (bicyclic) bond motifs is 3. The molecule has 0 aliphatic heterocycles. The number of hydrogen-bond acceptors (Lipinski definition) is 1. The Balaban J connectivity index is 2.16. The summed E-state index contributed by atoms with van der Waals surface area (Å²) < 4.78 is 20.2. The first-order valence-electron chi connectivity index (χ1n) is 6.60. The fraction of sp³-hybridized carbons (Fsp3) is 0. The molecule has 21 heavy (non-hydrogen) atoms. The van der Waals surface area contributed by atoms with E-state index in [1.807, 2.05) is 48.5 Å². The van der Waals surface area contributed by atoms with Gasteiger partial charge in [0.25, 0.3) is 0 Å². The third-order valence-corrected chi connectivity index (χ3v) is 4.45. The van der Waals surface area contributed by atoms with Gasteiger partial charge in [-0.05, 0) is 45.3 Å². The van der Waals surface area contributed by atoms with E-state index in [4.69, 9.17) is 4.42 Å². The van der Waals surface area contributed by atoms with E-state index in [1.165, 1.54) is 6.07 Å². The summed E-state index contributed by atoms with van der Waals surface area (Å²) in [4.78, 5) is 0. The van der Waals surface area contributed by atoms with Crippen molar-refractivity contribution in [3.8, 4) is 11.1 Å². The molecule has 0 bridgehead atoms. The van der Waals surface area contributed by atoms with Gasteiger partial charge in [-0.3, -0.25) is 0 Å². The average molecular weight is 341 g/mol. The van der Waals surface area contributed by atoms with Gasteiger partial charge in [0.15, 0.2) is 0 Å². The Morgan fingerprint density at radius 1 is 0.762 bits per heavy atom. The van der Waals surface area contributed by atoms with Crippen LogP contribution in [0.2, 0.25) is 0 Å². The smallest absolute Gasteiger partial charge is 0.138 e. The van der Waals surface area contributed by atoms with Gasteiger partial charge in [0.2, 0.25) is 0 Å². The Hall–Kier alpha value is -2.13. The van der Waals surface area contributed by atoms with E-state index in [2.05, 4.69) is 15.9 Å². The molecule has 0 saturated carbocycles. The molecule has 1 nitrogen and oxygen atoms in total. The summed E-state index contributed by atoms with van der Waals surface area (Å²) in [5.74, 6) is -0.266. The van der Waals surface area contributed by atoms with Crippen LogP contribution in [0.1, 0.15) is 0 Å². The van der Waals surface area contributed by atoms with Crippen molar-refractivity contribution in [1.29, 1.82) is 0 Å². The lowest BCUT2D eigenvalue weighted by Crippen LogP contribution is -1.85. The van der Waals surface area contributed by atoms with Crippen molar-refractivity contribution in [1.82, 2.24) is 0 Å². The van der Waals surface area contributed by atoms with E-state index in [1.54, 1.807) is 6.07 Å². The van der Waals surface area contributed by atoms with Gasteiger partial charge >= 0.3 is 0 Å². The zero-order chi connectivity index (χ0) is 14.4. The third kappa shape index (κ3) is 1.88. The molecule has 0 N–H and O–H groups in total. The molecule has 0 saturated heterocycles. The maximum Gasteiger partial charge on any atom is 0.138 e. The van der Waals surface area contributed by atoms with Crippen molar-refractivity contribution in [2.75, 3.05) is 0 Å². The summed E-state index contributed by atoms with van der Waals surface area (Å²) in [5.41, 5.74) is 3.44. The van der Waals surface area contributed by atoms with E-state index < -0.39 is 0 Å². The molecule has 102 valence electrons. The first-order chi connectivity index (χ1) is 10.3. The van der Waals surface area contributed by atoms with Crippen molar-refractivity contribution in [3.05, 3.63) is 71.0 Å². The van der Waals surface area contributed by atoms with Crippen LogP contribution in [0.4, 0.5) is 4.39 Å². The largest absolute Gasteiger partial charge is 0.456 e. The molecule has 4 aromatic rings. The third-order valence-electron chi connectivity index (χ3n) is 3.64. The number of halogens is 2. The van der Waals surface area contributed by atoms with E-state index in [0.717, 1.165) is 33.1 Å². The van der Waals surface area contributed by atoms with Crippen LogP contribution in [0.5, 0.6) is 0 Å². The van der Waals surface area contributed by atoms with Gasteiger partial charge in [-0.25, -0.2) is 4.39 Å².